The summed E-state index contributed by atoms with van der Waals surface area (Å²) in [6, 6.07) is 61.7. The first kappa shape index (κ1) is 34.6. The van der Waals surface area contributed by atoms with Crippen molar-refractivity contribution in [2.24, 2.45) is 0 Å². The van der Waals surface area contributed by atoms with Gasteiger partial charge < -0.3 is 10.6 Å². The molecule has 0 aliphatic rings. The Labute approximate surface area is 310 Å². The second-order valence-corrected chi connectivity index (χ2v) is 13.6. The summed E-state index contributed by atoms with van der Waals surface area (Å²) in [5, 5.41) is 7.29. The van der Waals surface area contributed by atoms with E-state index in [-0.39, 0.29) is 0 Å². The van der Waals surface area contributed by atoms with Crippen LogP contribution < -0.4 is 10.6 Å². The van der Waals surface area contributed by atoms with E-state index in [1.807, 2.05) is 18.2 Å². The number of hydrogen-bond acceptors (Lipinski definition) is 2. The molecular formula is C50H48N2. The number of benzene rings is 7. The van der Waals surface area contributed by atoms with E-state index < -0.39 is 0 Å². The summed E-state index contributed by atoms with van der Waals surface area (Å²) in [6.07, 6.45) is 7.02. The predicted octanol–water partition coefficient (Wildman–Crippen LogP) is 14.5. The van der Waals surface area contributed by atoms with E-state index in [2.05, 4.69) is 176 Å². The first-order valence-corrected chi connectivity index (χ1v) is 18.9. The highest BCUT2D eigenvalue weighted by Crippen LogP contribution is 2.45. The zero-order valence-electron chi connectivity index (χ0n) is 30.4. The third kappa shape index (κ3) is 8.36. The molecule has 0 unspecified atom stereocenters. The summed E-state index contributed by atoms with van der Waals surface area (Å²) >= 11 is 0. The molecule has 52 heavy (non-hydrogen) atoms. The summed E-state index contributed by atoms with van der Waals surface area (Å²) in [6.45, 7) is 4.52. The molecular weight excluding hydrogens is 629 g/mol. The van der Waals surface area contributed by atoms with Crippen LogP contribution in [0.15, 0.2) is 170 Å². The van der Waals surface area contributed by atoms with Gasteiger partial charge in [-0.05, 0) is 118 Å². The highest BCUT2D eigenvalue weighted by molar-refractivity contribution is 6.01. The van der Waals surface area contributed by atoms with Gasteiger partial charge in [0.1, 0.15) is 0 Å². The van der Waals surface area contributed by atoms with Crippen LogP contribution in [0.3, 0.4) is 0 Å². The maximum absolute atomic E-state index is 3.79. The van der Waals surface area contributed by atoms with Crippen molar-refractivity contribution in [3.8, 4) is 44.5 Å². The lowest BCUT2D eigenvalue weighted by Crippen LogP contribution is -1.99. The standard InChI is InChI=1S/C50H48N2/c1-3-5-13-37-19-23-42(24-20-37)49-47(41-29-27-39(28-30-41)40-31-33-46(34-32-40)51-44-15-9-7-10-16-44)35-36-48(52-45-17-11-8-12-18-45)50(49)43-25-21-38(22-26-43)14-6-4-2/h7-12,15-36,51-52H,3-6,13-14H2,1-2H3. The Morgan fingerprint density at radius 3 is 1.29 bits per heavy atom. The molecule has 0 saturated heterocycles. The number of aryl methyl sites for hydroxylation is 2. The van der Waals surface area contributed by atoms with Gasteiger partial charge in [-0.15, -0.1) is 0 Å². The first-order valence-electron chi connectivity index (χ1n) is 18.9. The van der Waals surface area contributed by atoms with Crippen molar-refractivity contribution in [3.05, 3.63) is 181 Å². The number of unbranched alkanes of at least 4 members (excludes halogenated alkanes) is 2. The lowest BCUT2D eigenvalue weighted by Gasteiger charge is -2.22. The minimum absolute atomic E-state index is 1.08. The van der Waals surface area contributed by atoms with Crippen LogP contribution in [0.2, 0.25) is 0 Å². The Bertz CT molecular complexity index is 2150. The van der Waals surface area contributed by atoms with E-state index >= 15 is 0 Å². The fraction of sp³-hybridized carbons (Fsp3) is 0.160. The topological polar surface area (TPSA) is 24.1 Å². The normalized spacial score (nSPS) is 11.0. The third-order valence-electron chi connectivity index (χ3n) is 9.86. The lowest BCUT2D eigenvalue weighted by atomic mass is 9.85. The van der Waals surface area contributed by atoms with Crippen molar-refractivity contribution in [1.82, 2.24) is 0 Å². The smallest absolute Gasteiger partial charge is 0.0470 e. The van der Waals surface area contributed by atoms with Gasteiger partial charge >= 0.3 is 0 Å². The molecule has 0 fully saturated rings. The van der Waals surface area contributed by atoms with E-state index in [9.17, 15) is 0 Å². The van der Waals surface area contributed by atoms with Gasteiger partial charge in [0.25, 0.3) is 0 Å². The maximum Gasteiger partial charge on any atom is 0.0470 e. The molecule has 0 amide bonds. The van der Waals surface area contributed by atoms with Crippen molar-refractivity contribution in [2.75, 3.05) is 10.6 Å². The molecule has 2 N–H and O–H groups in total. The van der Waals surface area contributed by atoms with Crippen LogP contribution in [0.5, 0.6) is 0 Å². The molecule has 7 aromatic rings. The number of para-hydroxylation sites is 2. The van der Waals surface area contributed by atoms with Gasteiger partial charge in [-0.2, -0.15) is 0 Å². The van der Waals surface area contributed by atoms with Crippen LogP contribution in [0, 0.1) is 0 Å². The number of anilines is 4. The fourth-order valence-electron chi connectivity index (χ4n) is 6.94. The van der Waals surface area contributed by atoms with Gasteiger partial charge in [-0.3, -0.25) is 0 Å². The summed E-state index contributed by atoms with van der Waals surface area (Å²) in [5.41, 5.74) is 16.8. The van der Waals surface area contributed by atoms with Gasteiger partial charge in [0.2, 0.25) is 0 Å². The minimum Gasteiger partial charge on any atom is -0.356 e. The average Bonchev–Trinajstić information content (AvgIpc) is 3.21. The van der Waals surface area contributed by atoms with E-state index in [0.29, 0.717) is 0 Å². The van der Waals surface area contributed by atoms with Crippen molar-refractivity contribution in [2.45, 2.75) is 52.4 Å². The first-order chi connectivity index (χ1) is 25.7. The van der Waals surface area contributed by atoms with Gasteiger partial charge in [0.15, 0.2) is 0 Å². The molecule has 0 aliphatic heterocycles. The quantitative estimate of drug-likeness (QED) is 0.120. The van der Waals surface area contributed by atoms with Crippen molar-refractivity contribution < 1.29 is 0 Å². The molecule has 0 heterocycles. The zero-order valence-corrected chi connectivity index (χ0v) is 30.4. The van der Waals surface area contributed by atoms with Gasteiger partial charge in [-0.25, -0.2) is 0 Å². The van der Waals surface area contributed by atoms with Crippen LogP contribution in [-0.4, -0.2) is 0 Å². The second-order valence-electron chi connectivity index (χ2n) is 13.6. The molecule has 258 valence electrons. The molecule has 7 aromatic carbocycles. The van der Waals surface area contributed by atoms with Crippen LogP contribution in [0.25, 0.3) is 44.5 Å². The summed E-state index contributed by atoms with van der Waals surface area (Å²) in [7, 11) is 0. The second kappa shape index (κ2) is 16.9. The molecule has 2 heteroatoms. The molecule has 0 radical (unpaired) electrons. The van der Waals surface area contributed by atoms with E-state index in [4.69, 9.17) is 0 Å². The monoisotopic (exact) mass is 676 g/mol. The largest absolute Gasteiger partial charge is 0.356 e. The lowest BCUT2D eigenvalue weighted by molar-refractivity contribution is 0.795. The summed E-state index contributed by atoms with van der Waals surface area (Å²) < 4.78 is 0. The van der Waals surface area contributed by atoms with Crippen molar-refractivity contribution in [3.63, 3.8) is 0 Å². The van der Waals surface area contributed by atoms with Gasteiger partial charge in [0, 0.05) is 28.3 Å². The highest BCUT2D eigenvalue weighted by Gasteiger charge is 2.19. The summed E-state index contributed by atoms with van der Waals surface area (Å²) in [5.74, 6) is 0. The molecule has 0 atom stereocenters. The number of rotatable bonds is 14. The molecule has 0 aliphatic carbocycles. The summed E-state index contributed by atoms with van der Waals surface area (Å²) in [4.78, 5) is 0. The Morgan fingerprint density at radius 2 is 0.769 bits per heavy atom. The predicted molar refractivity (Wildman–Crippen MR) is 225 cm³/mol. The van der Waals surface area contributed by atoms with Crippen LogP contribution >= 0.6 is 0 Å². The fourth-order valence-corrected chi connectivity index (χ4v) is 6.94. The molecule has 0 saturated carbocycles. The Hall–Kier alpha value is -5.86. The molecule has 2 nitrogen and oxygen atoms in total. The Balaban J connectivity index is 1.31. The van der Waals surface area contributed by atoms with E-state index in [1.54, 1.807) is 0 Å². The van der Waals surface area contributed by atoms with Crippen LogP contribution in [0.4, 0.5) is 22.7 Å². The van der Waals surface area contributed by atoms with Gasteiger partial charge in [0.05, 0.1) is 0 Å². The minimum atomic E-state index is 1.08. The molecule has 0 spiro atoms. The molecule has 0 aromatic heterocycles. The Morgan fingerprint density at radius 1 is 0.346 bits per heavy atom. The van der Waals surface area contributed by atoms with E-state index in [1.165, 1.54) is 81.3 Å². The number of hydrogen-bond donors (Lipinski definition) is 2. The van der Waals surface area contributed by atoms with Crippen molar-refractivity contribution >= 4 is 22.7 Å². The Kier molecular flexibility index (Phi) is 11.2. The highest BCUT2D eigenvalue weighted by atomic mass is 14.9. The SMILES string of the molecule is CCCCc1ccc(-c2c(Nc3ccccc3)ccc(-c3ccc(-c4ccc(Nc5ccccc5)cc4)cc3)c2-c2ccc(CCCC)cc2)cc1. The van der Waals surface area contributed by atoms with Crippen molar-refractivity contribution in [1.29, 1.82) is 0 Å². The zero-order chi connectivity index (χ0) is 35.5. The molecule has 7 rings (SSSR count). The third-order valence-corrected chi connectivity index (χ3v) is 9.86. The van der Waals surface area contributed by atoms with Gasteiger partial charge in [-0.1, -0.05) is 154 Å². The maximum atomic E-state index is 3.79. The molecule has 0 bridgehead atoms. The number of nitrogens with one attached hydrogen (secondary N) is 2. The van der Waals surface area contributed by atoms with Crippen LogP contribution in [-0.2, 0) is 12.8 Å². The van der Waals surface area contributed by atoms with E-state index in [0.717, 1.165) is 35.6 Å². The average molecular weight is 677 g/mol. The van der Waals surface area contributed by atoms with Crippen LogP contribution in [0.1, 0.15) is 50.7 Å².